The van der Waals surface area contributed by atoms with Gasteiger partial charge in [0, 0.05) is 12.0 Å². The average molecular weight is 290 g/mol. The molecule has 1 aliphatic carbocycles. The lowest BCUT2D eigenvalue weighted by atomic mass is 9.87. The van der Waals surface area contributed by atoms with Crippen LogP contribution in [0.5, 0.6) is 0 Å². The molecule has 1 saturated carbocycles. The fraction of sp³-hybridized carbons (Fsp3) is 0.562. The van der Waals surface area contributed by atoms with E-state index in [4.69, 9.17) is 0 Å². The van der Waals surface area contributed by atoms with Gasteiger partial charge in [-0.1, -0.05) is 25.0 Å². The summed E-state index contributed by atoms with van der Waals surface area (Å²) in [6.45, 7) is 0. The Balaban J connectivity index is 1.82. The van der Waals surface area contributed by atoms with E-state index in [1.165, 1.54) is 17.5 Å². The van der Waals surface area contributed by atoms with E-state index >= 15 is 0 Å². The number of aromatic nitrogens is 1. The molecule has 0 aliphatic heterocycles. The minimum atomic E-state index is -0.333. The van der Waals surface area contributed by atoms with E-state index in [1.54, 1.807) is 11.3 Å². The molecule has 0 amide bonds. The number of thiazole rings is 1. The monoisotopic (exact) mass is 290 g/mol. The van der Waals surface area contributed by atoms with E-state index < -0.39 is 0 Å². The Bertz CT molecular complexity index is 554. The lowest BCUT2D eigenvalue weighted by molar-refractivity contribution is -0.00250. The standard InChI is InChI=1S/C16H22N2OS/c1-18(2)16(9-5-6-10-16)14(19)11-15-17-12-7-3-4-8-13(12)20-15/h3-4,7-8,14,19H,5-6,9-11H2,1-2H3. The second-order valence-corrected chi connectivity index (χ2v) is 7.12. The van der Waals surface area contributed by atoms with Crippen LogP contribution >= 0.6 is 11.3 Å². The van der Waals surface area contributed by atoms with Crippen molar-refractivity contribution < 1.29 is 5.11 Å². The predicted molar refractivity (Wildman–Crippen MR) is 84.2 cm³/mol. The number of para-hydroxylation sites is 1. The number of nitrogens with zero attached hydrogens (tertiary/aromatic N) is 2. The van der Waals surface area contributed by atoms with Crippen molar-refractivity contribution in [2.75, 3.05) is 14.1 Å². The first kappa shape index (κ1) is 14.0. The van der Waals surface area contributed by atoms with Crippen molar-refractivity contribution in [3.63, 3.8) is 0 Å². The summed E-state index contributed by atoms with van der Waals surface area (Å²) < 4.78 is 1.21. The van der Waals surface area contributed by atoms with Crippen LogP contribution < -0.4 is 0 Å². The normalized spacial score (nSPS) is 19.8. The van der Waals surface area contributed by atoms with Gasteiger partial charge in [-0.15, -0.1) is 11.3 Å². The third kappa shape index (κ3) is 2.36. The molecule has 1 fully saturated rings. The number of aliphatic hydroxyl groups is 1. The predicted octanol–water partition coefficient (Wildman–Crippen LogP) is 3.07. The molecule has 1 aliphatic rings. The first-order valence-corrected chi connectivity index (χ1v) is 8.13. The van der Waals surface area contributed by atoms with Crippen molar-refractivity contribution in [3.8, 4) is 0 Å². The molecule has 0 radical (unpaired) electrons. The zero-order valence-corrected chi connectivity index (χ0v) is 13.0. The molecule has 1 heterocycles. The molecular formula is C16H22N2OS. The van der Waals surface area contributed by atoms with Crippen LogP contribution in [0.1, 0.15) is 30.7 Å². The average Bonchev–Trinajstić information content (AvgIpc) is 3.05. The first-order valence-electron chi connectivity index (χ1n) is 7.32. The second kappa shape index (κ2) is 5.43. The first-order chi connectivity index (χ1) is 9.62. The van der Waals surface area contributed by atoms with Gasteiger partial charge in [-0.05, 0) is 39.1 Å². The number of benzene rings is 1. The minimum absolute atomic E-state index is 0.0577. The third-order valence-corrected chi connectivity index (χ3v) is 5.75. The summed E-state index contributed by atoms with van der Waals surface area (Å²) in [6, 6.07) is 8.19. The summed E-state index contributed by atoms with van der Waals surface area (Å²) in [4.78, 5) is 6.87. The minimum Gasteiger partial charge on any atom is -0.391 e. The number of hydrogen-bond donors (Lipinski definition) is 1. The van der Waals surface area contributed by atoms with Crippen LogP contribution in [0, 0.1) is 0 Å². The van der Waals surface area contributed by atoms with E-state index in [0.717, 1.165) is 23.4 Å². The van der Waals surface area contributed by atoms with E-state index in [9.17, 15) is 5.11 Å². The van der Waals surface area contributed by atoms with Gasteiger partial charge in [0.25, 0.3) is 0 Å². The van der Waals surface area contributed by atoms with Gasteiger partial charge < -0.3 is 10.0 Å². The van der Waals surface area contributed by atoms with Crippen LogP contribution in [0.2, 0.25) is 0 Å². The van der Waals surface area contributed by atoms with Crippen molar-refractivity contribution in [1.82, 2.24) is 9.88 Å². The van der Waals surface area contributed by atoms with E-state index in [2.05, 4.69) is 30.0 Å². The van der Waals surface area contributed by atoms with Crippen molar-refractivity contribution >= 4 is 21.6 Å². The Morgan fingerprint density at radius 3 is 2.65 bits per heavy atom. The quantitative estimate of drug-likeness (QED) is 0.940. The molecule has 1 unspecified atom stereocenters. The summed E-state index contributed by atoms with van der Waals surface area (Å²) in [5.74, 6) is 0. The molecule has 0 spiro atoms. The summed E-state index contributed by atoms with van der Waals surface area (Å²) in [6.07, 6.45) is 4.94. The maximum atomic E-state index is 10.8. The van der Waals surface area contributed by atoms with Gasteiger partial charge in [0.2, 0.25) is 0 Å². The van der Waals surface area contributed by atoms with Crippen molar-refractivity contribution in [2.45, 2.75) is 43.7 Å². The van der Waals surface area contributed by atoms with Gasteiger partial charge in [0.15, 0.2) is 0 Å². The number of likely N-dealkylation sites (N-methyl/N-ethyl adjacent to an activating group) is 1. The third-order valence-electron chi connectivity index (χ3n) is 4.69. The summed E-state index contributed by atoms with van der Waals surface area (Å²) in [5.41, 5.74) is 0.989. The van der Waals surface area contributed by atoms with Gasteiger partial charge in [-0.2, -0.15) is 0 Å². The van der Waals surface area contributed by atoms with Crippen molar-refractivity contribution in [3.05, 3.63) is 29.3 Å². The molecule has 2 aromatic rings. The number of aliphatic hydroxyl groups excluding tert-OH is 1. The van der Waals surface area contributed by atoms with Crippen molar-refractivity contribution in [1.29, 1.82) is 0 Å². The molecule has 20 heavy (non-hydrogen) atoms. The Morgan fingerprint density at radius 2 is 2.00 bits per heavy atom. The highest BCUT2D eigenvalue weighted by Crippen LogP contribution is 2.38. The van der Waals surface area contributed by atoms with Crippen LogP contribution in [-0.4, -0.2) is 40.7 Å². The zero-order valence-electron chi connectivity index (χ0n) is 12.2. The van der Waals surface area contributed by atoms with Gasteiger partial charge in [-0.3, -0.25) is 0 Å². The molecule has 0 saturated heterocycles. The molecular weight excluding hydrogens is 268 g/mol. The zero-order chi connectivity index (χ0) is 14.2. The van der Waals surface area contributed by atoms with Crippen LogP contribution in [0.4, 0.5) is 0 Å². The Kier molecular flexibility index (Phi) is 3.80. The highest BCUT2D eigenvalue weighted by atomic mass is 32.1. The lowest BCUT2D eigenvalue weighted by Gasteiger charge is -2.40. The highest BCUT2D eigenvalue weighted by Gasteiger charge is 2.42. The number of hydrogen-bond acceptors (Lipinski definition) is 4. The van der Waals surface area contributed by atoms with E-state index in [0.29, 0.717) is 6.42 Å². The fourth-order valence-electron chi connectivity index (χ4n) is 3.43. The molecule has 0 bridgehead atoms. The van der Waals surface area contributed by atoms with E-state index in [-0.39, 0.29) is 11.6 Å². The fourth-order valence-corrected chi connectivity index (χ4v) is 4.43. The van der Waals surface area contributed by atoms with Crippen LogP contribution in [0.3, 0.4) is 0 Å². The Labute approximate surface area is 124 Å². The van der Waals surface area contributed by atoms with Crippen LogP contribution in [0.25, 0.3) is 10.2 Å². The summed E-state index contributed by atoms with van der Waals surface area (Å²) in [7, 11) is 4.18. The maximum Gasteiger partial charge on any atom is 0.0965 e. The number of fused-ring (bicyclic) bond motifs is 1. The Morgan fingerprint density at radius 1 is 1.30 bits per heavy atom. The molecule has 3 nitrogen and oxygen atoms in total. The highest BCUT2D eigenvalue weighted by molar-refractivity contribution is 7.18. The van der Waals surface area contributed by atoms with Gasteiger partial charge in [0.1, 0.15) is 0 Å². The molecule has 1 N–H and O–H groups in total. The molecule has 108 valence electrons. The lowest BCUT2D eigenvalue weighted by Crippen LogP contribution is -2.52. The van der Waals surface area contributed by atoms with Crippen molar-refractivity contribution in [2.24, 2.45) is 0 Å². The SMILES string of the molecule is CN(C)C1(C(O)Cc2nc3ccccc3s2)CCCC1. The summed E-state index contributed by atoms with van der Waals surface area (Å²) in [5, 5.41) is 11.8. The maximum absolute atomic E-state index is 10.8. The van der Waals surface area contributed by atoms with E-state index in [1.807, 2.05) is 18.2 Å². The van der Waals surface area contributed by atoms with Gasteiger partial charge in [0.05, 0.1) is 21.3 Å². The summed E-state index contributed by atoms with van der Waals surface area (Å²) >= 11 is 1.71. The smallest absolute Gasteiger partial charge is 0.0965 e. The molecule has 4 heteroatoms. The molecule has 1 atom stereocenters. The van der Waals surface area contributed by atoms with Crippen LogP contribution in [0.15, 0.2) is 24.3 Å². The largest absolute Gasteiger partial charge is 0.391 e. The van der Waals surface area contributed by atoms with Gasteiger partial charge in [-0.25, -0.2) is 4.98 Å². The van der Waals surface area contributed by atoms with Gasteiger partial charge >= 0.3 is 0 Å². The molecule has 1 aromatic carbocycles. The van der Waals surface area contributed by atoms with Crippen LogP contribution in [-0.2, 0) is 6.42 Å². The Hall–Kier alpha value is -0.970. The molecule has 3 rings (SSSR count). The topological polar surface area (TPSA) is 36.4 Å². The second-order valence-electron chi connectivity index (χ2n) is 6.00. The number of rotatable bonds is 4. The molecule has 1 aromatic heterocycles.